The summed E-state index contributed by atoms with van der Waals surface area (Å²) in [5.74, 6) is -5.40. The Hall–Kier alpha value is -2.25. The number of amides is 1. The molecule has 0 aliphatic rings. The Morgan fingerprint density at radius 3 is 2.16 bits per heavy atom. The normalized spacial score (nSPS) is 14.1. The summed E-state index contributed by atoms with van der Waals surface area (Å²) in [5, 5.41) is 12.1. The zero-order chi connectivity index (χ0) is 23.6. The van der Waals surface area contributed by atoms with Crippen molar-refractivity contribution in [3.05, 3.63) is 63.6 Å². The van der Waals surface area contributed by atoms with E-state index in [-0.39, 0.29) is 22.7 Å². The Bertz CT molecular complexity index is 959. The van der Waals surface area contributed by atoms with Crippen LogP contribution in [-0.2, 0) is 15.0 Å². The summed E-state index contributed by atoms with van der Waals surface area (Å²) in [6, 6.07) is 10.2. The van der Waals surface area contributed by atoms with E-state index < -0.39 is 35.3 Å². The molecule has 0 saturated carbocycles. The van der Waals surface area contributed by atoms with Crippen LogP contribution in [0.4, 0.5) is 18.9 Å². The number of nitrogens with one attached hydrogen (secondary N) is 1. The second kappa shape index (κ2) is 9.49. The van der Waals surface area contributed by atoms with Crippen LogP contribution in [0.15, 0.2) is 42.5 Å². The number of aliphatic carboxylic acids is 1. The number of carbonyl (C=O) groups is 2. The molecule has 2 unspecified atom stereocenters. The number of halogens is 5. The van der Waals surface area contributed by atoms with Crippen molar-refractivity contribution >= 4 is 40.8 Å². The highest BCUT2D eigenvalue weighted by Gasteiger charge is 2.45. The van der Waals surface area contributed by atoms with Gasteiger partial charge in [0, 0.05) is 10.4 Å². The van der Waals surface area contributed by atoms with E-state index in [1.165, 1.54) is 36.4 Å². The van der Waals surface area contributed by atoms with E-state index in [1.807, 2.05) is 0 Å². The summed E-state index contributed by atoms with van der Waals surface area (Å²) >= 11 is 12.0. The van der Waals surface area contributed by atoms with Gasteiger partial charge in [0.25, 0.3) is 0 Å². The van der Waals surface area contributed by atoms with E-state index in [9.17, 15) is 22.8 Å². The number of anilines is 1. The molecule has 2 rings (SSSR count). The molecule has 0 bridgehead atoms. The van der Waals surface area contributed by atoms with Crippen LogP contribution in [0.1, 0.15) is 44.2 Å². The lowest BCUT2D eigenvalue weighted by Crippen LogP contribution is -2.34. The highest BCUT2D eigenvalue weighted by molar-refractivity contribution is 6.33. The Labute approximate surface area is 188 Å². The Morgan fingerprint density at radius 1 is 1.06 bits per heavy atom. The molecule has 0 saturated heterocycles. The van der Waals surface area contributed by atoms with Crippen molar-refractivity contribution in [1.29, 1.82) is 0 Å². The van der Waals surface area contributed by atoms with E-state index in [2.05, 4.69) is 5.32 Å². The molecule has 9 heteroatoms. The number of carboxylic acids is 1. The van der Waals surface area contributed by atoms with Gasteiger partial charge >= 0.3 is 12.1 Å². The SMILES string of the molecule is CC(C(C(=O)Nc1cc(C(C)(C)CC(=O)O)ccc1Cl)c1ccc(Cl)cc1)C(F)(F)F. The fourth-order valence-electron chi connectivity index (χ4n) is 3.26. The van der Waals surface area contributed by atoms with Crippen LogP contribution in [0.25, 0.3) is 0 Å². The zero-order valence-corrected chi connectivity index (χ0v) is 18.6. The van der Waals surface area contributed by atoms with Gasteiger partial charge in [0.15, 0.2) is 0 Å². The third kappa shape index (κ3) is 6.37. The molecule has 2 aromatic rings. The first-order chi connectivity index (χ1) is 14.2. The number of carboxylic acid groups (broad SMARTS) is 1. The van der Waals surface area contributed by atoms with Crippen LogP contribution in [-0.4, -0.2) is 23.2 Å². The van der Waals surface area contributed by atoms with Gasteiger partial charge in [-0.2, -0.15) is 13.2 Å². The molecule has 2 aromatic carbocycles. The standard InChI is InChI=1S/C22H22Cl2F3NO3/c1-12(22(25,26)27)19(13-4-7-15(23)8-5-13)20(31)28-17-10-14(6-9-16(17)24)21(2,3)11-18(29)30/h4-10,12,19H,11H2,1-3H3,(H,28,31)(H,29,30). The quantitative estimate of drug-likeness (QED) is 0.469. The maximum Gasteiger partial charge on any atom is 0.392 e. The highest BCUT2D eigenvalue weighted by Crippen LogP contribution is 2.39. The monoisotopic (exact) mass is 475 g/mol. The minimum absolute atomic E-state index is 0.107. The van der Waals surface area contributed by atoms with E-state index in [0.29, 0.717) is 10.6 Å². The molecule has 31 heavy (non-hydrogen) atoms. The summed E-state index contributed by atoms with van der Waals surface area (Å²) in [6.45, 7) is 4.35. The average Bonchev–Trinajstić information content (AvgIpc) is 2.63. The molecule has 2 atom stereocenters. The molecule has 0 heterocycles. The number of alkyl halides is 3. The van der Waals surface area contributed by atoms with Gasteiger partial charge < -0.3 is 10.4 Å². The van der Waals surface area contributed by atoms with Crippen molar-refractivity contribution < 1.29 is 27.9 Å². The van der Waals surface area contributed by atoms with Crippen LogP contribution in [0.3, 0.4) is 0 Å². The van der Waals surface area contributed by atoms with Crippen LogP contribution < -0.4 is 5.32 Å². The van der Waals surface area contributed by atoms with Crippen LogP contribution in [0.2, 0.25) is 10.0 Å². The van der Waals surface area contributed by atoms with Gasteiger partial charge in [0.05, 0.1) is 29.0 Å². The van der Waals surface area contributed by atoms with Crippen molar-refractivity contribution in [2.24, 2.45) is 5.92 Å². The van der Waals surface area contributed by atoms with Crippen molar-refractivity contribution in [2.45, 2.75) is 44.7 Å². The molecule has 168 valence electrons. The third-order valence-electron chi connectivity index (χ3n) is 5.13. The fraction of sp³-hybridized carbons (Fsp3) is 0.364. The molecule has 4 nitrogen and oxygen atoms in total. The van der Waals surface area contributed by atoms with Crippen LogP contribution >= 0.6 is 23.2 Å². The second-order valence-electron chi connectivity index (χ2n) is 8.00. The molecule has 0 aliphatic carbocycles. The molecule has 1 amide bonds. The Balaban J connectivity index is 2.42. The van der Waals surface area contributed by atoms with Gasteiger partial charge in [-0.05, 0) is 35.4 Å². The van der Waals surface area contributed by atoms with E-state index >= 15 is 0 Å². The van der Waals surface area contributed by atoms with Gasteiger partial charge in [0.2, 0.25) is 5.91 Å². The average molecular weight is 476 g/mol. The minimum Gasteiger partial charge on any atom is -0.481 e. The molecular weight excluding hydrogens is 454 g/mol. The predicted octanol–water partition coefficient (Wildman–Crippen LogP) is 6.67. The molecule has 0 aliphatic heterocycles. The van der Waals surface area contributed by atoms with E-state index in [1.54, 1.807) is 19.9 Å². The molecular formula is C22H22Cl2F3NO3. The number of carbonyl (C=O) groups excluding carboxylic acids is 1. The summed E-state index contributed by atoms with van der Waals surface area (Å²) in [7, 11) is 0. The van der Waals surface area contributed by atoms with Crippen LogP contribution in [0, 0.1) is 5.92 Å². The summed E-state index contributed by atoms with van der Waals surface area (Å²) in [4.78, 5) is 24.1. The number of hydrogen-bond donors (Lipinski definition) is 2. The maximum absolute atomic E-state index is 13.5. The van der Waals surface area contributed by atoms with E-state index in [4.69, 9.17) is 28.3 Å². The van der Waals surface area contributed by atoms with Crippen molar-refractivity contribution in [1.82, 2.24) is 0 Å². The van der Waals surface area contributed by atoms with Gasteiger partial charge in [0.1, 0.15) is 0 Å². The summed E-state index contributed by atoms with van der Waals surface area (Å²) < 4.78 is 40.5. The first kappa shape index (κ1) is 25.0. The maximum atomic E-state index is 13.5. The third-order valence-corrected chi connectivity index (χ3v) is 5.71. The van der Waals surface area contributed by atoms with Crippen LogP contribution in [0.5, 0.6) is 0 Å². The predicted molar refractivity (Wildman–Crippen MR) is 115 cm³/mol. The number of benzene rings is 2. The lowest BCUT2D eigenvalue weighted by atomic mass is 9.81. The smallest absolute Gasteiger partial charge is 0.392 e. The molecule has 2 N–H and O–H groups in total. The minimum atomic E-state index is -4.61. The second-order valence-corrected chi connectivity index (χ2v) is 8.84. The largest absolute Gasteiger partial charge is 0.481 e. The highest BCUT2D eigenvalue weighted by atomic mass is 35.5. The fourth-order valence-corrected chi connectivity index (χ4v) is 3.55. The Kier molecular flexibility index (Phi) is 7.66. The molecule has 0 radical (unpaired) electrons. The molecule has 0 spiro atoms. The molecule has 0 aromatic heterocycles. The van der Waals surface area contributed by atoms with Gasteiger partial charge in [-0.25, -0.2) is 0 Å². The van der Waals surface area contributed by atoms with Gasteiger partial charge in [-0.15, -0.1) is 0 Å². The topological polar surface area (TPSA) is 66.4 Å². The first-order valence-electron chi connectivity index (χ1n) is 9.37. The first-order valence-corrected chi connectivity index (χ1v) is 10.1. The van der Waals surface area contributed by atoms with Crippen molar-refractivity contribution in [3.63, 3.8) is 0 Å². The van der Waals surface area contributed by atoms with E-state index in [0.717, 1.165) is 6.92 Å². The van der Waals surface area contributed by atoms with Crippen molar-refractivity contribution in [3.8, 4) is 0 Å². The number of rotatable bonds is 7. The molecule has 0 fully saturated rings. The summed E-state index contributed by atoms with van der Waals surface area (Å²) in [6.07, 6.45) is -4.79. The van der Waals surface area contributed by atoms with Crippen molar-refractivity contribution in [2.75, 3.05) is 5.32 Å². The van der Waals surface area contributed by atoms with Gasteiger partial charge in [-0.3, -0.25) is 9.59 Å². The Morgan fingerprint density at radius 2 is 1.65 bits per heavy atom. The summed E-state index contributed by atoms with van der Waals surface area (Å²) in [5.41, 5.74) is 0.0489. The number of hydrogen-bond acceptors (Lipinski definition) is 2. The zero-order valence-electron chi connectivity index (χ0n) is 17.1. The van der Waals surface area contributed by atoms with Gasteiger partial charge in [-0.1, -0.05) is 62.2 Å². The lowest BCUT2D eigenvalue weighted by molar-refractivity contribution is -0.178. The lowest BCUT2D eigenvalue weighted by Gasteiger charge is -2.27.